The maximum Gasteiger partial charge on any atom is 0.115 e. The summed E-state index contributed by atoms with van der Waals surface area (Å²) in [6, 6.07) is 0. The Morgan fingerprint density at radius 3 is 0.676 bits per heavy atom. The van der Waals surface area contributed by atoms with Gasteiger partial charge < -0.3 is 224 Å². The van der Waals surface area contributed by atoms with Gasteiger partial charge in [-0.15, -0.1) is 0 Å². The summed E-state index contributed by atoms with van der Waals surface area (Å²) in [5, 5.41) is 299. The summed E-state index contributed by atoms with van der Waals surface area (Å²) in [4.78, 5) is 0. The molecule has 618 valence electrons. The Morgan fingerprint density at radius 2 is 0.371 bits per heavy atom. The van der Waals surface area contributed by atoms with Gasteiger partial charge in [-0.2, -0.15) is 0 Å². The summed E-state index contributed by atoms with van der Waals surface area (Å²) >= 11 is 0. The molecule has 0 bridgehead atoms. The van der Waals surface area contributed by atoms with Crippen molar-refractivity contribution in [3.8, 4) is 0 Å². The van der Waals surface area contributed by atoms with E-state index in [4.69, 9.17) is 81.3 Å². The molecule has 0 aromatic rings. The lowest BCUT2D eigenvalue weighted by atomic mass is 9.93. The molecule has 0 spiro atoms. The normalized spacial score (nSPS) is 49.2. The zero-order valence-electron chi connectivity index (χ0n) is 56.5. The van der Waals surface area contributed by atoms with Gasteiger partial charge in [0.1, 0.15) is 256 Å². The molecule has 0 aliphatic carbocycles. The quantitative estimate of drug-likeness (QED) is 0.0363. The molecule has 0 aromatic carbocycles. The molecule has 105 heavy (non-hydrogen) atoms. The Kier molecular flexibility index (Phi) is 36.5. The first-order chi connectivity index (χ1) is 49.9. The second kappa shape index (κ2) is 42.4. The van der Waals surface area contributed by atoms with Crippen molar-refractivity contribution in [2.24, 2.45) is 0 Å². The molecule has 9 fully saturated rings. The van der Waals surface area contributed by atoms with E-state index in [1.165, 1.54) is 0 Å². The molecule has 45 nitrogen and oxygen atoms in total. The fourth-order valence-corrected chi connectivity index (χ4v) is 13.3. The van der Waals surface area contributed by atoms with Crippen LogP contribution in [0, 0.1) is 0 Å². The highest BCUT2D eigenvalue weighted by Crippen LogP contribution is 2.33. The van der Waals surface area contributed by atoms with Crippen LogP contribution >= 0.6 is 0 Å². The monoisotopic (exact) mass is 1550 g/mol. The molecule has 0 radical (unpaired) electrons. The largest absolute Gasteiger partial charge is 0.394 e. The molecule has 0 amide bonds. The van der Waals surface area contributed by atoms with E-state index in [0.29, 0.717) is 0 Å². The fourth-order valence-electron chi connectivity index (χ4n) is 13.3. The first-order valence-corrected chi connectivity index (χ1v) is 34.2. The van der Waals surface area contributed by atoms with Crippen LogP contribution in [0.4, 0.5) is 0 Å². The number of aliphatic hydroxyl groups is 30. The van der Waals surface area contributed by atoms with Crippen molar-refractivity contribution in [3.05, 3.63) is 0 Å². The van der Waals surface area contributed by atoms with Gasteiger partial charge in [-0.3, -0.25) is 0 Å². The molecule has 42 atom stereocenters. The molecule has 9 heterocycles. The Morgan fingerprint density at radius 1 is 0.171 bits per heavy atom. The van der Waals surface area contributed by atoms with Crippen molar-refractivity contribution in [2.45, 2.75) is 256 Å². The van der Waals surface area contributed by atoms with E-state index >= 15 is 0 Å². The van der Waals surface area contributed by atoms with Crippen LogP contribution in [-0.2, 0) is 71.1 Å². The molecular formula is C60H108O45. The third kappa shape index (κ3) is 21.8. The topological polar surface area (TPSA) is 745 Å². The minimum absolute atomic E-state index is 0.137. The van der Waals surface area contributed by atoms with Gasteiger partial charge in [0.2, 0.25) is 0 Å². The van der Waals surface area contributed by atoms with Crippen molar-refractivity contribution in [2.75, 3.05) is 119 Å². The van der Waals surface area contributed by atoms with Gasteiger partial charge in [-0.1, -0.05) is 0 Å². The highest BCUT2D eigenvalue weighted by Gasteiger charge is 2.54. The van der Waals surface area contributed by atoms with E-state index in [9.17, 15) is 143 Å². The first kappa shape index (κ1) is 90.4. The van der Waals surface area contributed by atoms with Gasteiger partial charge >= 0.3 is 0 Å². The van der Waals surface area contributed by atoms with E-state index in [1.807, 2.05) is 0 Å². The Bertz CT molecular complexity index is 2420. The van der Waals surface area contributed by atoms with Crippen LogP contribution in [0.5, 0.6) is 0 Å². The van der Waals surface area contributed by atoms with Gasteiger partial charge in [-0.05, 0) is 0 Å². The average molecular weight is 1550 g/mol. The van der Waals surface area contributed by atoms with Crippen LogP contribution in [0.3, 0.4) is 0 Å². The van der Waals surface area contributed by atoms with E-state index in [-0.39, 0.29) is 26.4 Å². The summed E-state index contributed by atoms with van der Waals surface area (Å²) in [6.45, 7) is -8.77. The molecule has 9 aliphatic heterocycles. The van der Waals surface area contributed by atoms with Crippen molar-refractivity contribution in [3.63, 3.8) is 0 Å². The smallest absolute Gasteiger partial charge is 0.115 e. The zero-order chi connectivity index (χ0) is 77.6. The molecule has 45 heteroatoms. The van der Waals surface area contributed by atoms with Crippen LogP contribution in [-0.4, -0.2) is 528 Å². The number of rotatable bonds is 27. The number of hydrogen-bond acceptors (Lipinski definition) is 45. The van der Waals surface area contributed by atoms with Crippen LogP contribution < -0.4 is 0 Å². The summed E-state index contributed by atoms with van der Waals surface area (Å²) in [5.41, 5.74) is 0. The van der Waals surface area contributed by atoms with Crippen molar-refractivity contribution >= 4 is 0 Å². The predicted molar refractivity (Wildman–Crippen MR) is 330 cm³/mol. The second-order valence-electron chi connectivity index (χ2n) is 26.9. The van der Waals surface area contributed by atoms with Crippen LogP contribution in [0.1, 0.15) is 0 Å². The predicted octanol–water partition coefficient (Wildman–Crippen LogP) is -20.4. The van der Waals surface area contributed by atoms with Gasteiger partial charge in [0.25, 0.3) is 0 Å². The Labute approximate surface area is 598 Å². The highest BCUT2D eigenvalue weighted by atomic mass is 16.7. The molecule has 9 saturated heterocycles. The van der Waals surface area contributed by atoms with E-state index in [1.54, 1.807) is 0 Å². The van der Waals surface area contributed by atoms with E-state index in [0.717, 1.165) is 0 Å². The average Bonchev–Trinajstić information content (AvgIpc) is 0.797. The van der Waals surface area contributed by atoms with Gasteiger partial charge in [0.15, 0.2) is 0 Å². The standard InChI is InChI=1S/C27H48O20.C20H36O15.C13H24O10/c28-1-10-18(34)23(39)19(35)14(45-10)7-44-27-21(37)11(2-29)46-16(22(27)38)8-43-26-13(4-31)47-15(20(36)24(26)40)6-42-25-12(3-30)41-5-9(32)17(25)33;21-1-8-14(26)18(30)15(27)11(34-8)5-33-20-16(28)9(2-22)35-12(17(20)29)6-32-19-10(3-23)31-4-7(24)13(19)25;14-1-6-11(19)13(5(16)3-21-6)22-4-8-10(18)12(20)9(17)7(2-15)23-8/h9-40H,1-8H2;7-30H,1-6H2;5-20H,1-4H2/t9?,10?,11?,12?,13?,14-,15-,16-,17+,18-,19?,20?,21-,22?,23-,24+,25-,26-,27-;7?,8?,9?,10?,11-,12-,13+,14-,15?,16-,17?,18-,19-,20-;5?,6?,7?,8-,9-,10?,11-,12-,13+/m111/s1. The SMILES string of the molecule is OCC1O[C@H](CO[C@H]2C(O)COC(CO)[C@H]2O)C(O)[C@H](O)[C@@H]1O.OCC1O[C@H](CO[C@H]2C(O)[C@@H](CO[C@@H]3C(CO)OCC(O)[C@@H]3O)OC(CO)[C@H]2O)C(O)[C@H](O)[C@@H]1O.OCC1O[C@H](CO[C@H]2C(O)[C@@H](CO[C@@H]3C(CO)O[C@H](CO[C@@H]4C(CO)OCC(O)[C@@H]4O)C(O)[C@@H]3O)OC(CO)[C@H]2O)C(O)[C@H](O)[C@@H]1O. The molecular weight excluding hydrogens is 1440 g/mol. The third-order valence-electron chi connectivity index (χ3n) is 19.9. The lowest BCUT2D eigenvalue weighted by molar-refractivity contribution is -0.288. The van der Waals surface area contributed by atoms with Gasteiger partial charge in [0, 0.05) is 0 Å². The van der Waals surface area contributed by atoms with Crippen molar-refractivity contribution < 1.29 is 224 Å². The van der Waals surface area contributed by atoms with Crippen molar-refractivity contribution in [1.82, 2.24) is 0 Å². The number of ether oxygens (including phenoxy) is 15. The Hall–Kier alpha value is -1.80. The van der Waals surface area contributed by atoms with Crippen molar-refractivity contribution in [1.29, 1.82) is 0 Å². The molecule has 30 N–H and O–H groups in total. The molecule has 9 rings (SSSR count). The lowest BCUT2D eigenvalue weighted by Gasteiger charge is -2.46. The Balaban J connectivity index is 0.000000234. The van der Waals surface area contributed by atoms with Gasteiger partial charge in [0.05, 0.1) is 119 Å². The second-order valence-corrected chi connectivity index (χ2v) is 26.9. The molecule has 18 unspecified atom stereocenters. The fraction of sp³-hybridized carbons (Fsp3) is 1.00. The minimum atomic E-state index is -1.69. The zero-order valence-corrected chi connectivity index (χ0v) is 56.5. The highest BCUT2D eigenvalue weighted by molar-refractivity contribution is 5.01. The summed E-state index contributed by atoms with van der Waals surface area (Å²) in [5.74, 6) is 0. The first-order valence-electron chi connectivity index (χ1n) is 34.2. The van der Waals surface area contributed by atoms with Crippen LogP contribution in [0.2, 0.25) is 0 Å². The number of aliphatic hydroxyl groups excluding tert-OH is 30. The van der Waals surface area contributed by atoms with Crippen LogP contribution in [0.25, 0.3) is 0 Å². The molecule has 9 aliphatic rings. The minimum Gasteiger partial charge on any atom is -0.394 e. The maximum atomic E-state index is 11.0. The van der Waals surface area contributed by atoms with E-state index < -0.39 is 349 Å². The van der Waals surface area contributed by atoms with Gasteiger partial charge in [-0.25, -0.2) is 0 Å². The summed E-state index contributed by atoms with van der Waals surface area (Å²) in [6.07, 6.45) is -56.8. The summed E-state index contributed by atoms with van der Waals surface area (Å²) in [7, 11) is 0. The van der Waals surface area contributed by atoms with Crippen LogP contribution in [0.15, 0.2) is 0 Å². The van der Waals surface area contributed by atoms with E-state index in [2.05, 4.69) is 0 Å². The molecule has 0 aromatic heterocycles. The lowest BCUT2D eigenvalue weighted by Crippen LogP contribution is -2.64. The maximum absolute atomic E-state index is 11.0. The molecule has 0 saturated carbocycles. The number of hydrogen-bond donors (Lipinski definition) is 30. The third-order valence-corrected chi connectivity index (χ3v) is 19.9. The summed E-state index contributed by atoms with van der Waals surface area (Å²) < 4.78 is 81.7.